The molecule has 0 bridgehead atoms. The highest BCUT2D eigenvalue weighted by Gasteiger charge is 2.41. The van der Waals surface area contributed by atoms with Crippen LogP contribution in [0.25, 0.3) is 0 Å². The first-order valence-electron chi connectivity index (χ1n) is 7.66. The van der Waals surface area contributed by atoms with Crippen LogP contribution in [0.5, 0.6) is 0 Å². The predicted octanol–water partition coefficient (Wildman–Crippen LogP) is 4.40. The molecule has 0 saturated carbocycles. The largest absolute Gasteiger partial charge is 0.278 e. The van der Waals surface area contributed by atoms with Crippen LogP contribution in [0, 0.1) is 12.3 Å². The van der Waals surface area contributed by atoms with E-state index in [9.17, 15) is 4.79 Å². The summed E-state index contributed by atoms with van der Waals surface area (Å²) in [5.41, 5.74) is 3.92. The molecule has 0 spiro atoms. The highest BCUT2D eigenvalue weighted by molar-refractivity contribution is 6.10. The molecule has 0 aromatic heterocycles. The van der Waals surface area contributed by atoms with Gasteiger partial charge in [-0.3, -0.25) is 4.79 Å². The maximum atomic E-state index is 12.8. The van der Waals surface area contributed by atoms with Crippen molar-refractivity contribution in [3.63, 3.8) is 0 Å². The van der Waals surface area contributed by atoms with Crippen LogP contribution < -0.4 is 0 Å². The van der Waals surface area contributed by atoms with Crippen LogP contribution in [0.2, 0.25) is 0 Å². The lowest BCUT2D eigenvalue weighted by molar-refractivity contribution is 0.0806. The molecule has 1 amide bonds. The Kier molecular flexibility index (Phi) is 3.64. The van der Waals surface area contributed by atoms with E-state index in [-0.39, 0.29) is 11.3 Å². The van der Waals surface area contributed by atoms with E-state index < -0.39 is 0 Å². The number of hydrazone groups is 1. The van der Waals surface area contributed by atoms with Crippen molar-refractivity contribution in [3.8, 4) is 0 Å². The Morgan fingerprint density at radius 1 is 1.04 bits per heavy atom. The summed E-state index contributed by atoms with van der Waals surface area (Å²) in [4.78, 5) is 12.8. The van der Waals surface area contributed by atoms with E-state index in [1.807, 2.05) is 75.4 Å². The minimum atomic E-state index is -0.387. The minimum absolute atomic E-state index is 0.144. The molecule has 3 nitrogen and oxygen atoms in total. The fourth-order valence-electron chi connectivity index (χ4n) is 2.69. The number of nitrogens with zero attached hydrogens (tertiary/aromatic N) is 2. The first-order valence-corrected chi connectivity index (χ1v) is 7.66. The summed E-state index contributed by atoms with van der Waals surface area (Å²) in [6.45, 7) is 10.2. The summed E-state index contributed by atoms with van der Waals surface area (Å²) < 4.78 is 0. The minimum Gasteiger partial charge on any atom is -0.267 e. The second-order valence-electron chi connectivity index (χ2n) is 6.37. The van der Waals surface area contributed by atoms with Crippen molar-refractivity contribution in [1.29, 1.82) is 0 Å². The number of carbonyl (C=O) groups is 1. The molecule has 1 heterocycles. The van der Waals surface area contributed by atoms with Crippen molar-refractivity contribution < 1.29 is 4.79 Å². The average molecular weight is 304 g/mol. The van der Waals surface area contributed by atoms with Crippen LogP contribution in [0.4, 0.5) is 0 Å². The summed E-state index contributed by atoms with van der Waals surface area (Å²) in [5, 5.41) is 6.03. The molecule has 0 atom stereocenters. The molecule has 0 fully saturated rings. The molecule has 2 aromatic carbocycles. The lowest BCUT2D eigenvalue weighted by Gasteiger charge is -2.23. The topological polar surface area (TPSA) is 32.7 Å². The number of hydrogen-bond donors (Lipinski definition) is 0. The Morgan fingerprint density at radius 3 is 2.26 bits per heavy atom. The van der Waals surface area contributed by atoms with Crippen molar-refractivity contribution in [2.24, 2.45) is 10.5 Å². The number of carbonyl (C=O) groups excluding carboxylic acids is 1. The lowest BCUT2D eigenvalue weighted by Crippen LogP contribution is -2.28. The number of aryl methyl sites for hydroxylation is 1. The SMILES string of the molecule is C=C1N(C(=O)c2ccc(C)cc2)N=C(c2ccccc2)C1(C)C. The van der Waals surface area contributed by atoms with Gasteiger partial charge in [-0.05, 0) is 38.5 Å². The van der Waals surface area contributed by atoms with Crippen molar-refractivity contribution in [2.45, 2.75) is 20.8 Å². The normalized spacial score (nSPS) is 16.4. The molecule has 3 rings (SSSR count). The van der Waals surface area contributed by atoms with Gasteiger partial charge in [0.1, 0.15) is 0 Å². The zero-order valence-electron chi connectivity index (χ0n) is 13.7. The molecule has 3 heteroatoms. The van der Waals surface area contributed by atoms with Gasteiger partial charge in [-0.15, -0.1) is 0 Å². The zero-order chi connectivity index (χ0) is 16.6. The van der Waals surface area contributed by atoms with E-state index in [0.29, 0.717) is 11.3 Å². The molecule has 1 aliphatic heterocycles. The summed E-state index contributed by atoms with van der Waals surface area (Å²) >= 11 is 0. The first-order chi connectivity index (χ1) is 10.9. The Balaban J connectivity index is 2.00. The third-order valence-electron chi connectivity index (χ3n) is 4.31. The standard InChI is InChI=1S/C20H20N2O/c1-14-10-12-17(13-11-14)19(23)22-15(2)20(3,4)18(21-22)16-8-6-5-7-9-16/h5-13H,2H2,1,3-4H3. The van der Waals surface area contributed by atoms with Crippen LogP contribution in [0.1, 0.15) is 35.3 Å². The summed E-state index contributed by atoms with van der Waals surface area (Å²) in [6, 6.07) is 17.4. The molecular weight excluding hydrogens is 284 g/mol. The number of allylic oxidation sites excluding steroid dienone is 1. The number of amides is 1. The summed E-state index contributed by atoms with van der Waals surface area (Å²) in [5.74, 6) is -0.144. The maximum absolute atomic E-state index is 12.8. The fraction of sp³-hybridized carbons (Fsp3) is 0.200. The summed E-state index contributed by atoms with van der Waals surface area (Å²) in [6.07, 6.45) is 0. The molecular formula is C20H20N2O. The van der Waals surface area contributed by atoms with E-state index in [1.165, 1.54) is 5.01 Å². The number of rotatable bonds is 2. The lowest BCUT2D eigenvalue weighted by atomic mass is 9.82. The third kappa shape index (κ3) is 2.59. The molecule has 23 heavy (non-hydrogen) atoms. The Labute approximate surface area is 136 Å². The van der Waals surface area contributed by atoms with E-state index in [2.05, 4.69) is 11.7 Å². The van der Waals surface area contributed by atoms with Crippen LogP contribution >= 0.6 is 0 Å². The molecule has 0 radical (unpaired) electrons. The van der Waals surface area contributed by atoms with Gasteiger partial charge in [0.15, 0.2) is 0 Å². The third-order valence-corrected chi connectivity index (χ3v) is 4.31. The van der Waals surface area contributed by atoms with Gasteiger partial charge in [0.05, 0.1) is 16.8 Å². The second-order valence-corrected chi connectivity index (χ2v) is 6.37. The number of hydrogen-bond acceptors (Lipinski definition) is 2. The highest BCUT2D eigenvalue weighted by atomic mass is 16.2. The van der Waals surface area contributed by atoms with Crippen molar-refractivity contribution in [2.75, 3.05) is 0 Å². The van der Waals surface area contributed by atoms with Crippen LogP contribution in [-0.4, -0.2) is 16.6 Å². The quantitative estimate of drug-likeness (QED) is 0.809. The molecule has 2 aromatic rings. The first kappa shape index (κ1) is 15.2. The van der Waals surface area contributed by atoms with Gasteiger partial charge >= 0.3 is 0 Å². The van der Waals surface area contributed by atoms with E-state index >= 15 is 0 Å². The Hall–Kier alpha value is -2.68. The van der Waals surface area contributed by atoms with E-state index in [0.717, 1.165) is 16.8 Å². The van der Waals surface area contributed by atoms with Gasteiger partial charge in [0, 0.05) is 5.56 Å². The molecule has 0 N–H and O–H groups in total. The molecule has 0 unspecified atom stereocenters. The fourth-order valence-corrected chi connectivity index (χ4v) is 2.69. The van der Waals surface area contributed by atoms with Crippen molar-refractivity contribution in [1.82, 2.24) is 5.01 Å². The molecule has 116 valence electrons. The molecule has 1 aliphatic rings. The maximum Gasteiger partial charge on any atom is 0.278 e. The van der Waals surface area contributed by atoms with Crippen LogP contribution in [0.3, 0.4) is 0 Å². The van der Waals surface area contributed by atoms with Crippen molar-refractivity contribution >= 4 is 11.6 Å². The molecule has 0 aliphatic carbocycles. The highest BCUT2D eigenvalue weighted by Crippen LogP contribution is 2.39. The Morgan fingerprint density at radius 2 is 1.65 bits per heavy atom. The van der Waals surface area contributed by atoms with Crippen LogP contribution in [-0.2, 0) is 0 Å². The summed E-state index contributed by atoms with van der Waals surface area (Å²) in [7, 11) is 0. The van der Waals surface area contributed by atoms with Gasteiger partial charge in [0.25, 0.3) is 5.91 Å². The van der Waals surface area contributed by atoms with Gasteiger partial charge in [0.2, 0.25) is 0 Å². The predicted molar refractivity (Wildman–Crippen MR) is 93.2 cm³/mol. The van der Waals surface area contributed by atoms with Gasteiger partial charge < -0.3 is 0 Å². The Bertz CT molecular complexity index is 786. The second kappa shape index (κ2) is 5.51. The zero-order valence-corrected chi connectivity index (χ0v) is 13.7. The monoisotopic (exact) mass is 304 g/mol. The van der Waals surface area contributed by atoms with E-state index in [4.69, 9.17) is 0 Å². The van der Waals surface area contributed by atoms with Crippen LogP contribution in [0.15, 0.2) is 72.0 Å². The molecule has 0 saturated heterocycles. The average Bonchev–Trinajstić information content (AvgIpc) is 2.79. The van der Waals surface area contributed by atoms with Gasteiger partial charge in [-0.25, -0.2) is 5.01 Å². The van der Waals surface area contributed by atoms with E-state index in [1.54, 1.807) is 0 Å². The smallest absolute Gasteiger partial charge is 0.267 e. The number of benzene rings is 2. The van der Waals surface area contributed by atoms with Gasteiger partial charge in [-0.2, -0.15) is 5.10 Å². The van der Waals surface area contributed by atoms with Gasteiger partial charge in [-0.1, -0.05) is 54.6 Å². The van der Waals surface area contributed by atoms with Crippen molar-refractivity contribution in [3.05, 3.63) is 83.6 Å².